The Bertz CT molecular complexity index is 244. The molecule has 0 fully saturated rings. The fraction of sp³-hybridized carbons (Fsp3) is 0.818. The number of amidine groups is 1. The normalized spacial score (nSPS) is 13.4. The van der Waals surface area contributed by atoms with Crippen LogP contribution < -0.4 is 11.1 Å². The summed E-state index contributed by atoms with van der Waals surface area (Å²) in [7, 11) is 0. The first kappa shape index (κ1) is 15.7. The van der Waals surface area contributed by atoms with Crippen LogP contribution in [0.1, 0.15) is 39.5 Å². The third-order valence-corrected chi connectivity index (χ3v) is 2.28. The molecule has 17 heavy (non-hydrogen) atoms. The molecule has 0 rings (SSSR count). The summed E-state index contributed by atoms with van der Waals surface area (Å²) >= 11 is 0. The van der Waals surface area contributed by atoms with Crippen molar-refractivity contribution in [3.8, 4) is 0 Å². The number of nitrogens with zero attached hydrogens (tertiary/aromatic N) is 1. The minimum absolute atomic E-state index is 0.0463. The number of rotatable bonds is 9. The van der Waals surface area contributed by atoms with Gasteiger partial charge in [0.15, 0.2) is 5.84 Å². The molecule has 1 unspecified atom stereocenters. The first-order chi connectivity index (χ1) is 8.15. The average Bonchev–Trinajstić information content (AvgIpc) is 2.33. The van der Waals surface area contributed by atoms with E-state index >= 15 is 0 Å². The Morgan fingerprint density at radius 1 is 1.53 bits per heavy atom. The predicted octanol–water partition coefficient (Wildman–Crippen LogP) is 0.834. The van der Waals surface area contributed by atoms with Gasteiger partial charge in [-0.05, 0) is 19.8 Å². The molecule has 1 atom stereocenters. The molecule has 4 N–H and O–H groups in total. The summed E-state index contributed by atoms with van der Waals surface area (Å²) in [5.74, 6) is -0.0558. The Hall–Kier alpha value is -1.30. The second kappa shape index (κ2) is 9.89. The number of amides is 1. The Labute approximate surface area is 102 Å². The minimum atomic E-state index is -0.385. The van der Waals surface area contributed by atoms with E-state index in [1.165, 1.54) is 0 Å². The molecule has 0 aromatic heterocycles. The molecule has 0 heterocycles. The standard InChI is InChI=1S/C11H23N3O3/c1-3-6-9(11(12)14-16)13-10(15)7-5-8-17-4-2/h9,16H,3-8H2,1-2H3,(H2,12,14)(H,13,15). The van der Waals surface area contributed by atoms with E-state index in [-0.39, 0.29) is 17.8 Å². The van der Waals surface area contributed by atoms with Crippen LogP contribution in [0.4, 0.5) is 0 Å². The predicted molar refractivity (Wildman–Crippen MR) is 66.0 cm³/mol. The lowest BCUT2D eigenvalue weighted by molar-refractivity contribution is -0.121. The zero-order valence-electron chi connectivity index (χ0n) is 10.6. The van der Waals surface area contributed by atoms with E-state index in [9.17, 15) is 4.79 Å². The molecule has 0 saturated carbocycles. The number of carbonyl (C=O) groups excluding carboxylic acids is 1. The lowest BCUT2D eigenvalue weighted by Gasteiger charge is -2.16. The van der Waals surface area contributed by atoms with Crippen molar-refractivity contribution < 1.29 is 14.7 Å². The lowest BCUT2D eigenvalue weighted by Crippen LogP contribution is -2.44. The van der Waals surface area contributed by atoms with Gasteiger partial charge in [0.2, 0.25) is 5.91 Å². The zero-order valence-corrected chi connectivity index (χ0v) is 10.6. The highest BCUT2D eigenvalue weighted by Crippen LogP contribution is 1.99. The minimum Gasteiger partial charge on any atom is -0.409 e. The maximum absolute atomic E-state index is 11.6. The summed E-state index contributed by atoms with van der Waals surface area (Å²) in [6.07, 6.45) is 2.57. The number of carbonyl (C=O) groups is 1. The largest absolute Gasteiger partial charge is 0.409 e. The van der Waals surface area contributed by atoms with Crippen LogP contribution in [-0.4, -0.2) is 36.2 Å². The van der Waals surface area contributed by atoms with Crippen LogP contribution in [0.3, 0.4) is 0 Å². The van der Waals surface area contributed by atoms with E-state index in [0.29, 0.717) is 32.5 Å². The smallest absolute Gasteiger partial charge is 0.220 e. The van der Waals surface area contributed by atoms with Crippen molar-refractivity contribution in [1.82, 2.24) is 5.32 Å². The number of nitrogens with one attached hydrogen (secondary N) is 1. The van der Waals surface area contributed by atoms with Crippen molar-refractivity contribution in [2.24, 2.45) is 10.9 Å². The van der Waals surface area contributed by atoms with Gasteiger partial charge in [-0.15, -0.1) is 0 Å². The molecule has 0 aliphatic heterocycles. The van der Waals surface area contributed by atoms with Crippen molar-refractivity contribution in [3.63, 3.8) is 0 Å². The Morgan fingerprint density at radius 3 is 2.76 bits per heavy atom. The van der Waals surface area contributed by atoms with Crippen molar-refractivity contribution in [1.29, 1.82) is 0 Å². The van der Waals surface area contributed by atoms with Gasteiger partial charge in [-0.2, -0.15) is 0 Å². The van der Waals surface area contributed by atoms with Gasteiger partial charge in [0, 0.05) is 19.6 Å². The number of oxime groups is 1. The summed E-state index contributed by atoms with van der Waals surface area (Å²) < 4.78 is 5.14. The first-order valence-electron chi connectivity index (χ1n) is 6.00. The van der Waals surface area contributed by atoms with Gasteiger partial charge in [0.25, 0.3) is 0 Å². The number of ether oxygens (including phenoxy) is 1. The molecular formula is C11H23N3O3. The van der Waals surface area contributed by atoms with Crippen LogP contribution in [0, 0.1) is 0 Å². The topological polar surface area (TPSA) is 96.9 Å². The van der Waals surface area contributed by atoms with Crippen LogP contribution in [0.2, 0.25) is 0 Å². The van der Waals surface area contributed by atoms with Crippen molar-refractivity contribution in [2.75, 3.05) is 13.2 Å². The van der Waals surface area contributed by atoms with Crippen molar-refractivity contribution >= 4 is 11.7 Å². The monoisotopic (exact) mass is 245 g/mol. The summed E-state index contributed by atoms with van der Waals surface area (Å²) in [6.45, 7) is 5.12. The summed E-state index contributed by atoms with van der Waals surface area (Å²) in [5, 5.41) is 14.2. The van der Waals surface area contributed by atoms with Crippen LogP contribution >= 0.6 is 0 Å². The highest BCUT2D eigenvalue weighted by molar-refractivity contribution is 5.89. The number of hydrogen-bond acceptors (Lipinski definition) is 4. The molecule has 0 bridgehead atoms. The van der Waals surface area contributed by atoms with Gasteiger partial charge >= 0.3 is 0 Å². The molecule has 0 aliphatic rings. The van der Waals surface area contributed by atoms with E-state index in [2.05, 4.69) is 10.5 Å². The maximum Gasteiger partial charge on any atom is 0.220 e. The Morgan fingerprint density at radius 2 is 2.24 bits per heavy atom. The van der Waals surface area contributed by atoms with Crippen LogP contribution in [0.25, 0.3) is 0 Å². The van der Waals surface area contributed by atoms with Gasteiger partial charge in [-0.25, -0.2) is 0 Å². The quantitative estimate of drug-likeness (QED) is 0.184. The molecule has 0 spiro atoms. The van der Waals surface area contributed by atoms with Gasteiger partial charge in [-0.3, -0.25) is 4.79 Å². The van der Waals surface area contributed by atoms with Crippen molar-refractivity contribution in [2.45, 2.75) is 45.6 Å². The molecule has 1 amide bonds. The molecule has 0 radical (unpaired) electrons. The summed E-state index contributed by atoms with van der Waals surface area (Å²) in [4.78, 5) is 11.6. The SMILES string of the molecule is CCCC(NC(=O)CCCOCC)C(N)=NO. The van der Waals surface area contributed by atoms with Gasteiger partial charge in [-0.1, -0.05) is 18.5 Å². The fourth-order valence-corrected chi connectivity index (χ4v) is 1.40. The van der Waals surface area contributed by atoms with E-state index in [1.54, 1.807) is 0 Å². The molecule has 0 aromatic rings. The average molecular weight is 245 g/mol. The molecule has 0 aliphatic carbocycles. The second-order valence-corrected chi connectivity index (χ2v) is 3.73. The highest BCUT2D eigenvalue weighted by Gasteiger charge is 2.15. The fourth-order valence-electron chi connectivity index (χ4n) is 1.40. The van der Waals surface area contributed by atoms with Crippen LogP contribution in [0.15, 0.2) is 5.16 Å². The van der Waals surface area contributed by atoms with E-state index in [4.69, 9.17) is 15.7 Å². The number of nitrogens with two attached hydrogens (primary N) is 1. The lowest BCUT2D eigenvalue weighted by atomic mass is 10.1. The summed E-state index contributed by atoms with van der Waals surface area (Å²) in [6, 6.07) is -0.385. The van der Waals surface area contributed by atoms with Gasteiger partial charge in [0.1, 0.15) is 0 Å². The molecule has 6 nitrogen and oxygen atoms in total. The molecule has 0 aromatic carbocycles. The molecule has 6 heteroatoms. The van der Waals surface area contributed by atoms with Crippen molar-refractivity contribution in [3.05, 3.63) is 0 Å². The molecule has 0 saturated heterocycles. The van der Waals surface area contributed by atoms with Crippen LogP contribution in [0.5, 0.6) is 0 Å². The molecular weight excluding hydrogens is 222 g/mol. The van der Waals surface area contributed by atoms with Gasteiger partial charge < -0.3 is 21.0 Å². The number of hydrogen-bond donors (Lipinski definition) is 3. The molecule has 100 valence electrons. The zero-order chi connectivity index (χ0) is 13.1. The summed E-state index contributed by atoms with van der Waals surface area (Å²) in [5.41, 5.74) is 5.49. The van der Waals surface area contributed by atoms with Gasteiger partial charge in [0.05, 0.1) is 6.04 Å². The van der Waals surface area contributed by atoms with E-state index in [0.717, 1.165) is 6.42 Å². The third kappa shape index (κ3) is 7.57. The van der Waals surface area contributed by atoms with E-state index < -0.39 is 0 Å². The second-order valence-electron chi connectivity index (χ2n) is 3.73. The Kier molecular flexibility index (Phi) is 9.14. The Balaban J connectivity index is 3.95. The van der Waals surface area contributed by atoms with Crippen LogP contribution in [-0.2, 0) is 9.53 Å². The first-order valence-corrected chi connectivity index (χ1v) is 6.00. The van der Waals surface area contributed by atoms with E-state index in [1.807, 2.05) is 13.8 Å². The highest BCUT2D eigenvalue weighted by atomic mass is 16.5. The third-order valence-electron chi connectivity index (χ3n) is 2.28. The maximum atomic E-state index is 11.6.